The summed E-state index contributed by atoms with van der Waals surface area (Å²) in [5, 5.41) is 15.2. The third kappa shape index (κ3) is 3.36. The van der Waals surface area contributed by atoms with Crippen LogP contribution < -0.4 is 5.32 Å². The van der Waals surface area contributed by atoms with E-state index in [1.807, 2.05) is 24.3 Å². The SMILES string of the molecule is Cc1c(C(=O)Nc2ccc(F)c(Cl)c2)nnc2c(-c3ccc(Br)cc3)cnn12. The normalized spacial score (nSPS) is 11.0. The summed E-state index contributed by atoms with van der Waals surface area (Å²) < 4.78 is 15.8. The van der Waals surface area contributed by atoms with Crippen molar-refractivity contribution in [3.63, 3.8) is 0 Å². The summed E-state index contributed by atoms with van der Waals surface area (Å²) in [6, 6.07) is 11.7. The standard InChI is InChI=1S/C19H12BrClFN5O/c1-10-17(19(28)24-13-6-7-16(22)15(21)8-13)25-26-18-14(9-23-27(10)18)11-2-4-12(20)5-3-11/h2-9H,1H3,(H,24,28). The number of fused-ring (bicyclic) bond motifs is 1. The van der Waals surface area contributed by atoms with Crippen LogP contribution in [0.4, 0.5) is 10.1 Å². The molecule has 6 nitrogen and oxygen atoms in total. The second kappa shape index (κ2) is 7.29. The van der Waals surface area contributed by atoms with Crippen LogP contribution in [-0.4, -0.2) is 25.7 Å². The average Bonchev–Trinajstić information content (AvgIpc) is 3.10. The Morgan fingerprint density at radius 2 is 1.93 bits per heavy atom. The first kappa shape index (κ1) is 18.5. The van der Waals surface area contributed by atoms with Crippen LogP contribution in [0.5, 0.6) is 0 Å². The molecule has 4 rings (SSSR count). The second-order valence-corrected chi connectivity index (χ2v) is 7.34. The smallest absolute Gasteiger partial charge is 0.278 e. The molecule has 0 saturated heterocycles. The summed E-state index contributed by atoms with van der Waals surface area (Å²) in [5.74, 6) is -1.05. The lowest BCUT2D eigenvalue weighted by Crippen LogP contribution is -2.18. The Morgan fingerprint density at radius 1 is 1.18 bits per heavy atom. The Labute approximate surface area is 172 Å². The van der Waals surface area contributed by atoms with E-state index in [9.17, 15) is 9.18 Å². The van der Waals surface area contributed by atoms with E-state index in [4.69, 9.17) is 11.6 Å². The van der Waals surface area contributed by atoms with E-state index in [2.05, 4.69) is 36.5 Å². The highest BCUT2D eigenvalue weighted by molar-refractivity contribution is 9.10. The van der Waals surface area contributed by atoms with Gasteiger partial charge in [0.25, 0.3) is 5.91 Å². The molecule has 2 aromatic carbocycles. The molecule has 0 fully saturated rings. The van der Waals surface area contributed by atoms with Gasteiger partial charge in [-0.2, -0.15) is 5.10 Å². The quantitative estimate of drug-likeness (QED) is 0.472. The highest BCUT2D eigenvalue weighted by Gasteiger charge is 2.18. The molecule has 0 aliphatic carbocycles. The minimum Gasteiger partial charge on any atom is -0.320 e. The zero-order valence-electron chi connectivity index (χ0n) is 14.4. The summed E-state index contributed by atoms with van der Waals surface area (Å²) >= 11 is 9.16. The van der Waals surface area contributed by atoms with E-state index in [-0.39, 0.29) is 10.7 Å². The molecule has 28 heavy (non-hydrogen) atoms. The van der Waals surface area contributed by atoms with Crippen LogP contribution >= 0.6 is 27.5 Å². The number of aromatic nitrogens is 4. The van der Waals surface area contributed by atoms with Gasteiger partial charge < -0.3 is 5.32 Å². The van der Waals surface area contributed by atoms with Crippen LogP contribution in [-0.2, 0) is 0 Å². The van der Waals surface area contributed by atoms with Crippen LogP contribution in [0.2, 0.25) is 5.02 Å². The number of aryl methyl sites for hydroxylation is 1. The van der Waals surface area contributed by atoms with E-state index in [1.54, 1.807) is 17.6 Å². The van der Waals surface area contributed by atoms with E-state index in [0.29, 0.717) is 17.0 Å². The molecule has 140 valence electrons. The van der Waals surface area contributed by atoms with Gasteiger partial charge in [0.15, 0.2) is 11.3 Å². The van der Waals surface area contributed by atoms with E-state index >= 15 is 0 Å². The van der Waals surface area contributed by atoms with Crippen molar-refractivity contribution in [2.24, 2.45) is 0 Å². The monoisotopic (exact) mass is 459 g/mol. The van der Waals surface area contributed by atoms with Crippen molar-refractivity contribution in [2.45, 2.75) is 6.92 Å². The molecule has 2 heterocycles. The molecule has 0 unspecified atom stereocenters. The third-order valence-corrected chi connectivity index (χ3v) is 5.02. The molecule has 0 spiro atoms. The van der Waals surface area contributed by atoms with Gasteiger partial charge >= 0.3 is 0 Å². The van der Waals surface area contributed by atoms with Crippen LogP contribution in [0, 0.1) is 12.7 Å². The molecule has 2 aromatic heterocycles. The number of nitrogens with one attached hydrogen (secondary N) is 1. The van der Waals surface area contributed by atoms with Gasteiger partial charge in [-0.15, -0.1) is 10.2 Å². The maximum atomic E-state index is 13.3. The molecule has 1 amide bonds. The van der Waals surface area contributed by atoms with E-state index in [1.165, 1.54) is 18.2 Å². The number of benzene rings is 2. The minimum absolute atomic E-state index is 0.0812. The van der Waals surface area contributed by atoms with Crippen LogP contribution in [0.1, 0.15) is 16.2 Å². The Balaban J connectivity index is 1.69. The zero-order valence-corrected chi connectivity index (χ0v) is 16.8. The first-order valence-electron chi connectivity index (χ1n) is 8.17. The topological polar surface area (TPSA) is 72.2 Å². The summed E-state index contributed by atoms with van der Waals surface area (Å²) in [6.45, 7) is 1.73. The number of hydrogen-bond acceptors (Lipinski definition) is 4. The van der Waals surface area contributed by atoms with Gasteiger partial charge in [-0.25, -0.2) is 8.91 Å². The Morgan fingerprint density at radius 3 is 2.64 bits per heavy atom. The van der Waals surface area contributed by atoms with Gasteiger partial charge in [0.2, 0.25) is 0 Å². The number of halogens is 3. The van der Waals surface area contributed by atoms with Gasteiger partial charge in [0.05, 0.1) is 16.9 Å². The molecule has 0 radical (unpaired) electrons. The number of anilines is 1. The predicted molar refractivity (Wildman–Crippen MR) is 108 cm³/mol. The van der Waals surface area contributed by atoms with Crippen LogP contribution in [0.15, 0.2) is 53.1 Å². The van der Waals surface area contributed by atoms with E-state index < -0.39 is 11.7 Å². The van der Waals surface area contributed by atoms with Crippen LogP contribution in [0.25, 0.3) is 16.8 Å². The van der Waals surface area contributed by atoms with Crippen molar-refractivity contribution in [1.82, 2.24) is 19.8 Å². The molecule has 0 atom stereocenters. The summed E-state index contributed by atoms with van der Waals surface area (Å²) in [5.41, 5.74) is 3.28. The van der Waals surface area contributed by atoms with Crippen LogP contribution in [0.3, 0.4) is 0 Å². The number of nitrogens with zero attached hydrogens (tertiary/aromatic N) is 4. The average molecular weight is 461 g/mol. The lowest BCUT2D eigenvalue weighted by molar-refractivity contribution is 0.102. The van der Waals surface area contributed by atoms with Gasteiger partial charge in [-0.05, 0) is 42.8 Å². The Bertz CT molecular complexity index is 1210. The molecular weight excluding hydrogens is 449 g/mol. The molecule has 0 aliphatic rings. The molecule has 0 saturated carbocycles. The van der Waals surface area contributed by atoms with Gasteiger partial charge in [-0.3, -0.25) is 4.79 Å². The fourth-order valence-corrected chi connectivity index (χ4v) is 3.21. The van der Waals surface area contributed by atoms with Gasteiger partial charge in [0, 0.05) is 15.7 Å². The zero-order chi connectivity index (χ0) is 19.8. The highest BCUT2D eigenvalue weighted by atomic mass is 79.9. The molecule has 4 aromatic rings. The molecular formula is C19H12BrClFN5O. The number of rotatable bonds is 3. The molecule has 9 heteroatoms. The van der Waals surface area contributed by atoms with Crippen molar-refractivity contribution in [1.29, 1.82) is 0 Å². The largest absolute Gasteiger partial charge is 0.320 e. The summed E-state index contributed by atoms with van der Waals surface area (Å²) in [7, 11) is 0. The number of amides is 1. The number of carbonyl (C=O) groups is 1. The molecule has 0 bridgehead atoms. The summed E-state index contributed by atoms with van der Waals surface area (Å²) in [6.07, 6.45) is 1.68. The van der Waals surface area contributed by atoms with Crippen molar-refractivity contribution >= 4 is 44.8 Å². The molecule has 0 aliphatic heterocycles. The third-order valence-electron chi connectivity index (χ3n) is 4.20. The Kier molecular flexibility index (Phi) is 4.82. The maximum Gasteiger partial charge on any atom is 0.278 e. The van der Waals surface area contributed by atoms with Crippen molar-refractivity contribution in [3.8, 4) is 11.1 Å². The number of carbonyl (C=O) groups excluding carboxylic acids is 1. The Hall–Kier alpha value is -2.84. The van der Waals surface area contributed by atoms with Gasteiger partial charge in [0.1, 0.15) is 5.82 Å². The maximum absolute atomic E-state index is 13.3. The van der Waals surface area contributed by atoms with Gasteiger partial charge in [-0.1, -0.05) is 39.7 Å². The predicted octanol–water partition coefficient (Wildman–Crippen LogP) is 4.91. The lowest BCUT2D eigenvalue weighted by Gasteiger charge is -2.08. The fourth-order valence-electron chi connectivity index (χ4n) is 2.76. The lowest BCUT2D eigenvalue weighted by atomic mass is 10.1. The highest BCUT2D eigenvalue weighted by Crippen LogP contribution is 2.26. The minimum atomic E-state index is -0.561. The second-order valence-electron chi connectivity index (χ2n) is 6.02. The van der Waals surface area contributed by atoms with Crippen molar-refractivity contribution in [2.75, 3.05) is 5.32 Å². The number of hydrogen-bond donors (Lipinski definition) is 1. The first-order valence-corrected chi connectivity index (χ1v) is 9.34. The fraction of sp³-hybridized carbons (Fsp3) is 0.0526. The molecule has 1 N–H and O–H groups in total. The summed E-state index contributed by atoms with van der Waals surface area (Å²) in [4.78, 5) is 12.6. The first-order chi connectivity index (χ1) is 13.4. The van der Waals surface area contributed by atoms with E-state index in [0.717, 1.165) is 15.6 Å². The van der Waals surface area contributed by atoms with Crippen molar-refractivity contribution in [3.05, 3.63) is 75.4 Å². The van der Waals surface area contributed by atoms with Crippen molar-refractivity contribution < 1.29 is 9.18 Å².